The number of hydrogen-bond donors (Lipinski definition) is 0. The molecule has 0 atom stereocenters. The van der Waals surface area contributed by atoms with Crippen LogP contribution in [0.3, 0.4) is 0 Å². The Morgan fingerprint density at radius 1 is 0.537 bits per heavy atom. The first kappa shape index (κ1) is 28.1. The molecular weight excluding hydrogens is 639 g/mol. The van der Waals surface area contributed by atoms with Crippen molar-refractivity contribution in [2.24, 2.45) is 0 Å². The molecule has 0 spiro atoms. The molecule has 6 aromatic rings. The molecule has 0 fully saturated rings. The maximum Gasteiger partial charge on any atom is 0.336 e. The van der Waals surface area contributed by atoms with E-state index in [2.05, 4.69) is 114 Å². The van der Waals surface area contributed by atoms with Crippen molar-refractivity contribution >= 4 is 42.4 Å². The average molecular weight is 675 g/mol. The fourth-order valence-electron chi connectivity index (χ4n) is 5.37. The first-order valence-electron chi connectivity index (χ1n) is 13.9. The van der Waals surface area contributed by atoms with Crippen molar-refractivity contribution in [1.82, 2.24) is 0 Å². The molecule has 6 rings (SSSR count). The third-order valence-electron chi connectivity index (χ3n) is 7.72. The van der Waals surface area contributed by atoms with Crippen LogP contribution in [-0.2, 0) is 23.5 Å². The van der Waals surface area contributed by atoms with Gasteiger partial charge in [-0.05, 0) is 81.7 Å². The lowest BCUT2D eigenvalue weighted by Gasteiger charge is -2.19. The van der Waals surface area contributed by atoms with E-state index in [4.69, 9.17) is 2.51 Å². The van der Waals surface area contributed by atoms with Crippen LogP contribution in [0.5, 0.6) is 0 Å². The summed E-state index contributed by atoms with van der Waals surface area (Å²) in [6.45, 7) is 13.1. The Morgan fingerprint density at radius 2 is 0.976 bits per heavy atom. The van der Waals surface area contributed by atoms with Gasteiger partial charge in [-0.2, -0.15) is 8.42 Å². The molecule has 0 amide bonds. The minimum absolute atomic E-state index is 0.000578. The molecule has 0 bridgehead atoms. The molecule has 0 unspecified atom stereocenters. The predicted molar refractivity (Wildman–Crippen MR) is 166 cm³/mol. The Labute approximate surface area is 250 Å². The van der Waals surface area contributed by atoms with Gasteiger partial charge in [0.05, 0.1) is 0 Å². The lowest BCUT2D eigenvalue weighted by Crippen LogP contribution is -3.85. The van der Waals surface area contributed by atoms with E-state index in [0.717, 1.165) is 34.1 Å². The van der Waals surface area contributed by atoms with Crippen molar-refractivity contribution in [1.29, 1.82) is 0 Å². The molecule has 41 heavy (non-hydrogen) atoms. The van der Waals surface area contributed by atoms with Crippen LogP contribution in [0.4, 0.5) is 0 Å². The fraction of sp³-hybridized carbons (Fsp3) is 0.222. The van der Waals surface area contributed by atoms with Crippen molar-refractivity contribution in [3.8, 4) is 0 Å². The normalized spacial score (nSPS) is 13.1. The molecule has 0 aliphatic rings. The highest BCUT2D eigenvalue weighted by molar-refractivity contribution is 7.86. The minimum atomic E-state index is -4.09. The van der Waals surface area contributed by atoms with Gasteiger partial charge in [0.15, 0.2) is 7.14 Å². The molecule has 0 saturated heterocycles. The standard InChI is InChI=1S/C36H35IO3S/c1-35(2,3)27-14-18-29(19-15-27)37(30-20-16-28(17-21-30)36(4,5)6)40-41(38,39)32-23-13-26-11-10-24-8-7-9-25-12-22-31(32)34(26)33(24)25/h7-23H,1-6H3/q+1. The van der Waals surface area contributed by atoms with Gasteiger partial charge >= 0.3 is 30.4 Å². The number of benzene rings is 6. The number of rotatable bonds is 5. The zero-order valence-corrected chi connectivity index (χ0v) is 27.3. The zero-order valence-electron chi connectivity index (χ0n) is 24.3. The first-order valence-corrected chi connectivity index (χ1v) is 18.3. The smallest absolute Gasteiger partial charge is 0.190 e. The predicted octanol–water partition coefficient (Wildman–Crippen LogP) is 6.16. The van der Waals surface area contributed by atoms with Gasteiger partial charge in [-0.25, -0.2) is 0 Å². The Morgan fingerprint density at radius 3 is 1.46 bits per heavy atom. The summed E-state index contributed by atoms with van der Waals surface area (Å²) in [5.74, 6) is 0. The Balaban J connectivity index is 1.48. The topological polar surface area (TPSA) is 43.4 Å². The van der Waals surface area contributed by atoms with Gasteiger partial charge < -0.3 is 0 Å². The van der Waals surface area contributed by atoms with Gasteiger partial charge in [0.25, 0.3) is 0 Å². The highest BCUT2D eigenvalue weighted by atomic mass is 127. The minimum Gasteiger partial charge on any atom is -0.190 e. The summed E-state index contributed by atoms with van der Waals surface area (Å²) in [6, 6.07) is 34.6. The van der Waals surface area contributed by atoms with Crippen LogP contribution in [0.2, 0.25) is 0 Å². The summed E-state index contributed by atoms with van der Waals surface area (Å²) in [4.78, 5) is 0.225. The zero-order chi connectivity index (χ0) is 29.2. The molecule has 0 aliphatic carbocycles. The van der Waals surface area contributed by atoms with Crippen LogP contribution in [0.25, 0.3) is 32.3 Å². The average Bonchev–Trinajstić information content (AvgIpc) is 2.94. The van der Waals surface area contributed by atoms with E-state index in [1.807, 2.05) is 24.3 Å². The van der Waals surface area contributed by atoms with E-state index in [1.165, 1.54) is 11.1 Å². The van der Waals surface area contributed by atoms with E-state index in [9.17, 15) is 8.42 Å². The third kappa shape index (κ3) is 5.24. The van der Waals surface area contributed by atoms with Crippen LogP contribution in [-0.4, -0.2) is 8.42 Å². The molecule has 0 saturated carbocycles. The third-order valence-corrected chi connectivity index (χ3v) is 15.1. The largest absolute Gasteiger partial charge is 0.336 e. The van der Waals surface area contributed by atoms with Crippen molar-refractivity contribution in [2.75, 3.05) is 0 Å². The quantitative estimate of drug-likeness (QED) is 0.163. The van der Waals surface area contributed by atoms with Crippen molar-refractivity contribution < 1.29 is 31.2 Å². The van der Waals surface area contributed by atoms with Gasteiger partial charge in [-0.3, -0.25) is 0 Å². The SMILES string of the molecule is CC(C)(C)c1ccc([I+](OS(=O)(=O)c2ccc3ccc4cccc5ccc2c3c45)c2ccc(C(C)(C)C)cc2)cc1. The molecule has 0 N–H and O–H groups in total. The van der Waals surface area contributed by atoms with Gasteiger partial charge in [0, 0.05) is 5.39 Å². The van der Waals surface area contributed by atoms with Gasteiger partial charge in [-0.15, -0.1) is 0 Å². The van der Waals surface area contributed by atoms with Crippen molar-refractivity contribution in [2.45, 2.75) is 57.3 Å². The maximum absolute atomic E-state index is 14.2. The molecule has 6 aromatic carbocycles. The first-order chi connectivity index (χ1) is 19.3. The Hall–Kier alpha value is -3.00. The number of halogens is 1. The van der Waals surface area contributed by atoms with Gasteiger partial charge in [-0.1, -0.05) is 114 Å². The Kier molecular flexibility index (Phi) is 6.91. The van der Waals surface area contributed by atoms with Crippen LogP contribution in [0.15, 0.2) is 108 Å². The number of hydrogen-bond acceptors (Lipinski definition) is 3. The molecule has 1 radical (unpaired) electrons. The monoisotopic (exact) mass is 674 g/mol. The molecule has 209 valence electrons. The summed E-state index contributed by atoms with van der Waals surface area (Å²) in [6.07, 6.45) is 0. The second kappa shape index (κ2) is 10.1. The van der Waals surface area contributed by atoms with Crippen molar-refractivity contribution in [3.05, 3.63) is 121 Å². The highest BCUT2D eigenvalue weighted by Crippen LogP contribution is 2.37. The second-order valence-electron chi connectivity index (χ2n) is 12.7. The summed E-state index contributed by atoms with van der Waals surface area (Å²) < 4.78 is 36.7. The highest BCUT2D eigenvalue weighted by Gasteiger charge is 2.39. The second-order valence-corrected chi connectivity index (χ2v) is 19.2. The van der Waals surface area contributed by atoms with Crippen molar-refractivity contribution in [3.63, 3.8) is 0 Å². The van der Waals surface area contributed by atoms with Crippen LogP contribution < -0.4 is 20.2 Å². The molecule has 0 aromatic heterocycles. The lowest BCUT2D eigenvalue weighted by molar-refractivity contribution is -1.03. The van der Waals surface area contributed by atoms with Crippen LogP contribution in [0.1, 0.15) is 52.7 Å². The summed E-state index contributed by atoms with van der Waals surface area (Å²) in [5, 5.41) is 5.98. The summed E-state index contributed by atoms with van der Waals surface area (Å²) in [7, 11) is -4.09. The molecule has 5 heteroatoms. The summed E-state index contributed by atoms with van der Waals surface area (Å²) in [5.41, 5.74) is 2.41. The lowest BCUT2D eigenvalue weighted by atomic mass is 9.87. The van der Waals surface area contributed by atoms with Crippen LogP contribution in [0, 0.1) is 7.14 Å². The van der Waals surface area contributed by atoms with E-state index in [-0.39, 0.29) is 15.7 Å². The summed E-state index contributed by atoms with van der Waals surface area (Å²) >= 11 is -2.87. The molecular formula is C36H35IO3S+. The van der Waals surface area contributed by atoms with Crippen LogP contribution >= 0.6 is 0 Å². The van der Waals surface area contributed by atoms with E-state index >= 15 is 0 Å². The maximum atomic E-state index is 14.2. The van der Waals surface area contributed by atoms with Gasteiger partial charge in [0.2, 0.25) is 0 Å². The molecule has 0 heterocycles. The van der Waals surface area contributed by atoms with E-state index in [1.54, 1.807) is 6.07 Å². The molecule has 3 nitrogen and oxygen atoms in total. The van der Waals surface area contributed by atoms with Gasteiger partial charge in [0.1, 0.15) is 4.90 Å². The Bertz CT molecular complexity index is 1910. The fourth-order valence-corrected chi connectivity index (χ4v) is 12.4. The van der Waals surface area contributed by atoms with E-state index in [0.29, 0.717) is 5.39 Å². The van der Waals surface area contributed by atoms with E-state index < -0.39 is 30.4 Å². The molecule has 0 aliphatic heterocycles.